The molecular formula is C17H12Br3NO3. The van der Waals surface area contributed by atoms with E-state index in [2.05, 4.69) is 31.9 Å². The van der Waals surface area contributed by atoms with Gasteiger partial charge in [0.25, 0.3) is 0 Å². The van der Waals surface area contributed by atoms with Crippen LogP contribution in [0.25, 0.3) is 11.0 Å². The summed E-state index contributed by atoms with van der Waals surface area (Å²) in [4.78, 5) is 24.6. The van der Waals surface area contributed by atoms with Crippen LogP contribution in [0.5, 0.6) is 0 Å². The molecule has 2 aromatic heterocycles. The smallest absolute Gasteiger partial charge is 0.347 e. The molecule has 24 heavy (non-hydrogen) atoms. The number of aryl methyl sites for hydroxylation is 1. The van der Waals surface area contributed by atoms with Gasteiger partial charge in [0.1, 0.15) is 5.56 Å². The lowest BCUT2D eigenvalue weighted by atomic mass is 10.1. The van der Waals surface area contributed by atoms with Gasteiger partial charge in [-0.1, -0.05) is 15.9 Å². The monoisotopic (exact) mass is 515 g/mol. The molecule has 0 aliphatic rings. The van der Waals surface area contributed by atoms with Crippen LogP contribution >= 0.6 is 31.9 Å². The second kappa shape index (κ2) is 7.72. The minimum absolute atomic E-state index is 0. The number of nitrogens with zero attached hydrogens (tertiary/aromatic N) is 1. The number of hydrogen-bond donors (Lipinski definition) is 0. The van der Waals surface area contributed by atoms with E-state index in [1.807, 2.05) is 31.5 Å². The van der Waals surface area contributed by atoms with Crippen molar-refractivity contribution in [2.45, 2.75) is 13.5 Å². The van der Waals surface area contributed by atoms with Crippen LogP contribution in [-0.4, -0.2) is 5.78 Å². The summed E-state index contributed by atoms with van der Waals surface area (Å²) in [6, 6.07) is 8.98. The number of carbonyl (C=O) groups is 1. The molecule has 0 spiro atoms. The fourth-order valence-corrected chi connectivity index (χ4v) is 3.58. The zero-order valence-electron chi connectivity index (χ0n) is 12.6. The van der Waals surface area contributed by atoms with Gasteiger partial charge in [-0.25, -0.2) is 4.79 Å². The molecule has 0 N–H and O–H groups in total. The molecule has 0 radical (unpaired) electrons. The first-order chi connectivity index (χ1) is 10.9. The van der Waals surface area contributed by atoms with Gasteiger partial charge in [-0.05, 0) is 46.6 Å². The van der Waals surface area contributed by atoms with E-state index in [9.17, 15) is 9.59 Å². The summed E-state index contributed by atoms with van der Waals surface area (Å²) in [5, 5.41) is 0.683. The Morgan fingerprint density at radius 2 is 1.83 bits per heavy atom. The maximum atomic E-state index is 12.4. The number of aromatic nitrogens is 1. The molecule has 0 unspecified atom stereocenters. The van der Waals surface area contributed by atoms with Crippen molar-refractivity contribution in [3.05, 3.63) is 73.2 Å². The van der Waals surface area contributed by atoms with E-state index in [0.717, 1.165) is 10.0 Å². The fraction of sp³-hybridized carbons (Fsp3) is 0.118. The summed E-state index contributed by atoms with van der Waals surface area (Å²) in [5.74, 6) is -0.286. The third-order valence-electron chi connectivity index (χ3n) is 3.44. The summed E-state index contributed by atoms with van der Waals surface area (Å²) < 4.78 is 8.52. The van der Waals surface area contributed by atoms with Crippen LogP contribution in [0.2, 0.25) is 0 Å². The molecular weight excluding hydrogens is 506 g/mol. The Balaban J connectivity index is 0.00000208. The molecule has 0 saturated carbocycles. The highest BCUT2D eigenvalue weighted by atomic mass is 79.9. The lowest BCUT2D eigenvalue weighted by molar-refractivity contribution is -0.683. The summed E-state index contributed by atoms with van der Waals surface area (Å²) in [5.41, 5.74) is 0.958. The summed E-state index contributed by atoms with van der Waals surface area (Å²) in [7, 11) is 0. The summed E-state index contributed by atoms with van der Waals surface area (Å²) >= 11 is 6.74. The van der Waals surface area contributed by atoms with Gasteiger partial charge in [-0.2, -0.15) is 4.57 Å². The first-order valence-electron chi connectivity index (χ1n) is 6.86. The van der Waals surface area contributed by atoms with Crippen molar-refractivity contribution in [2.24, 2.45) is 0 Å². The van der Waals surface area contributed by atoms with E-state index in [4.69, 9.17) is 4.42 Å². The lowest BCUT2D eigenvalue weighted by Gasteiger charge is -2.03. The van der Waals surface area contributed by atoms with Gasteiger partial charge < -0.3 is 21.4 Å². The van der Waals surface area contributed by atoms with E-state index in [1.54, 1.807) is 22.8 Å². The molecule has 2 heterocycles. The van der Waals surface area contributed by atoms with Gasteiger partial charge in [0.2, 0.25) is 12.3 Å². The molecule has 3 rings (SSSR count). The number of ketones is 1. The van der Waals surface area contributed by atoms with Gasteiger partial charge in [-0.15, -0.1) is 0 Å². The third-order valence-corrected chi connectivity index (χ3v) is 4.48. The normalized spacial score (nSPS) is 10.5. The Bertz CT molecular complexity index is 965. The van der Waals surface area contributed by atoms with Gasteiger partial charge >= 0.3 is 5.63 Å². The van der Waals surface area contributed by atoms with Crippen molar-refractivity contribution in [3.63, 3.8) is 0 Å². The highest BCUT2D eigenvalue weighted by Gasteiger charge is 2.18. The molecule has 4 nitrogen and oxygen atoms in total. The van der Waals surface area contributed by atoms with Gasteiger partial charge in [0.05, 0.1) is 4.47 Å². The average molecular weight is 518 g/mol. The van der Waals surface area contributed by atoms with Crippen LogP contribution in [0.1, 0.15) is 15.9 Å². The third kappa shape index (κ3) is 4.02. The Kier molecular flexibility index (Phi) is 6.11. The van der Waals surface area contributed by atoms with Crippen LogP contribution in [-0.2, 0) is 6.54 Å². The predicted octanol–water partition coefficient (Wildman–Crippen LogP) is 0.801. The molecule has 0 atom stereocenters. The number of benzene rings is 1. The van der Waals surface area contributed by atoms with E-state index in [0.29, 0.717) is 15.4 Å². The van der Waals surface area contributed by atoms with Crippen LogP contribution in [0, 0.1) is 6.92 Å². The first-order valence-corrected chi connectivity index (χ1v) is 8.44. The van der Waals surface area contributed by atoms with E-state index in [-0.39, 0.29) is 34.9 Å². The highest BCUT2D eigenvalue weighted by molar-refractivity contribution is 9.11. The average Bonchev–Trinajstić information content (AvgIpc) is 2.50. The zero-order valence-corrected chi connectivity index (χ0v) is 17.3. The Labute approximate surface area is 165 Å². The second-order valence-electron chi connectivity index (χ2n) is 5.22. The van der Waals surface area contributed by atoms with Crippen LogP contribution in [0.4, 0.5) is 0 Å². The minimum Gasteiger partial charge on any atom is -1.00 e. The molecule has 0 bridgehead atoms. The molecule has 0 saturated heterocycles. The quantitative estimate of drug-likeness (QED) is 0.293. The molecule has 3 aromatic rings. The predicted molar refractivity (Wildman–Crippen MR) is 93.6 cm³/mol. The first kappa shape index (κ1) is 19.0. The van der Waals surface area contributed by atoms with Crippen molar-refractivity contribution in [1.82, 2.24) is 0 Å². The maximum Gasteiger partial charge on any atom is 0.347 e. The molecule has 0 aliphatic carbocycles. The molecule has 7 heteroatoms. The van der Waals surface area contributed by atoms with Crippen molar-refractivity contribution in [2.75, 3.05) is 0 Å². The second-order valence-corrected chi connectivity index (χ2v) is 6.99. The number of carbonyl (C=O) groups excluding carboxylic acids is 1. The Morgan fingerprint density at radius 1 is 1.17 bits per heavy atom. The van der Waals surface area contributed by atoms with Gasteiger partial charge in [0, 0.05) is 22.0 Å². The molecule has 124 valence electrons. The highest BCUT2D eigenvalue weighted by Crippen LogP contribution is 2.28. The van der Waals surface area contributed by atoms with Crippen molar-refractivity contribution < 1.29 is 30.8 Å². The van der Waals surface area contributed by atoms with E-state index >= 15 is 0 Å². The standard InChI is InChI=1S/C17H12Br2NO3.BrH/c1-10-2-4-20(5-3-10)9-15(21)13-7-11-6-12(18)8-14(19)16(11)23-17(13)22;/h2-8H,9H2,1H3;1H/q+1;/p-1. The maximum absolute atomic E-state index is 12.4. The van der Waals surface area contributed by atoms with Crippen molar-refractivity contribution in [3.8, 4) is 0 Å². The van der Waals surface area contributed by atoms with Crippen LogP contribution in [0.3, 0.4) is 0 Å². The topological polar surface area (TPSA) is 51.2 Å². The molecule has 0 aliphatic heterocycles. The van der Waals surface area contributed by atoms with Crippen LogP contribution in [0.15, 0.2) is 60.9 Å². The summed E-state index contributed by atoms with van der Waals surface area (Å²) in [6.45, 7) is 2.06. The SMILES string of the molecule is Cc1cc[n+](CC(=O)c2cc3cc(Br)cc(Br)c3oc2=O)cc1.[Br-]. The zero-order chi connectivity index (χ0) is 16.6. The number of Topliss-reactive ketones (excluding diaryl/α,β-unsaturated/α-hetero) is 1. The number of halogens is 3. The van der Waals surface area contributed by atoms with Crippen molar-refractivity contribution >= 4 is 48.6 Å². The van der Waals surface area contributed by atoms with Crippen molar-refractivity contribution in [1.29, 1.82) is 0 Å². The van der Waals surface area contributed by atoms with E-state index in [1.165, 1.54) is 0 Å². The van der Waals surface area contributed by atoms with Gasteiger partial charge in [0.15, 0.2) is 18.0 Å². The molecule has 0 amide bonds. The van der Waals surface area contributed by atoms with Gasteiger partial charge in [-0.3, -0.25) is 4.79 Å². The summed E-state index contributed by atoms with van der Waals surface area (Å²) in [6.07, 6.45) is 3.62. The number of pyridine rings is 1. The number of rotatable bonds is 3. The Morgan fingerprint density at radius 3 is 2.50 bits per heavy atom. The molecule has 0 fully saturated rings. The molecule has 1 aromatic carbocycles. The number of hydrogen-bond acceptors (Lipinski definition) is 3. The van der Waals surface area contributed by atoms with Crippen LogP contribution < -0.4 is 27.2 Å². The lowest BCUT2D eigenvalue weighted by Crippen LogP contribution is -3.00. The Hall–Kier alpha value is -1.31. The number of fused-ring (bicyclic) bond motifs is 1. The van der Waals surface area contributed by atoms with E-state index < -0.39 is 5.63 Å². The largest absolute Gasteiger partial charge is 1.00 e. The minimum atomic E-state index is -0.627. The fourth-order valence-electron chi connectivity index (χ4n) is 2.24.